The number of ether oxygens (including phenoxy) is 1. The van der Waals surface area contributed by atoms with Crippen LogP contribution in [0.25, 0.3) is 55.0 Å². The predicted octanol–water partition coefficient (Wildman–Crippen LogP) is 6.94. The van der Waals surface area contributed by atoms with Gasteiger partial charge in [-0.05, 0) is 35.9 Å². The van der Waals surface area contributed by atoms with E-state index in [1.165, 1.54) is 7.11 Å². The molecule has 0 fully saturated rings. The Kier molecular flexibility index (Phi) is 3.50. The molecule has 0 bridgehead atoms. The molecule has 2 aromatic heterocycles. The topological polar surface area (TPSA) is 52.6 Å². The first-order valence-electron chi connectivity index (χ1n) is 9.69. The molecule has 0 atom stereocenters. The van der Waals surface area contributed by atoms with Gasteiger partial charge in [0, 0.05) is 27.1 Å². The Bertz CT molecular complexity index is 1600. The van der Waals surface area contributed by atoms with Gasteiger partial charge in [0.2, 0.25) is 0 Å². The van der Waals surface area contributed by atoms with Gasteiger partial charge in [-0.25, -0.2) is 4.79 Å². The molecule has 0 unspecified atom stereocenters. The lowest BCUT2D eigenvalue weighted by Crippen LogP contribution is -2.03. The van der Waals surface area contributed by atoms with Crippen LogP contribution in [0.4, 0.5) is 0 Å². The summed E-state index contributed by atoms with van der Waals surface area (Å²) in [4.78, 5) is 12.7. The molecule has 0 saturated heterocycles. The SMILES string of the molecule is COC(=O)c1ccc2c(oc3ccccc32)c1-c1cccc2oc3ccccc3c12. The number of carbonyl (C=O) groups excluding carboxylic acids is 1. The average molecular weight is 392 g/mol. The van der Waals surface area contributed by atoms with E-state index in [0.29, 0.717) is 16.7 Å². The largest absolute Gasteiger partial charge is 0.465 e. The minimum absolute atomic E-state index is 0.405. The second-order valence-corrected chi connectivity index (χ2v) is 7.23. The Morgan fingerprint density at radius 2 is 1.40 bits per heavy atom. The van der Waals surface area contributed by atoms with Crippen LogP contribution in [0.3, 0.4) is 0 Å². The summed E-state index contributed by atoms with van der Waals surface area (Å²) < 4.78 is 17.4. The van der Waals surface area contributed by atoms with Crippen LogP contribution in [0.15, 0.2) is 87.7 Å². The van der Waals surface area contributed by atoms with Crippen molar-refractivity contribution in [2.24, 2.45) is 0 Å². The number of methoxy groups -OCH3 is 1. The monoisotopic (exact) mass is 392 g/mol. The van der Waals surface area contributed by atoms with Crippen molar-refractivity contribution in [3.8, 4) is 11.1 Å². The fourth-order valence-corrected chi connectivity index (χ4v) is 4.32. The van der Waals surface area contributed by atoms with Crippen LogP contribution in [0.5, 0.6) is 0 Å². The molecule has 0 N–H and O–H groups in total. The van der Waals surface area contributed by atoms with Crippen molar-refractivity contribution in [2.45, 2.75) is 0 Å². The Hall–Kier alpha value is -4.05. The van der Waals surface area contributed by atoms with E-state index in [1.807, 2.05) is 78.9 Å². The third-order valence-corrected chi connectivity index (χ3v) is 5.62. The maximum Gasteiger partial charge on any atom is 0.338 e. The molecule has 30 heavy (non-hydrogen) atoms. The third-order valence-electron chi connectivity index (χ3n) is 5.62. The van der Waals surface area contributed by atoms with Gasteiger partial charge in [-0.1, -0.05) is 48.5 Å². The summed E-state index contributed by atoms with van der Waals surface area (Å²) >= 11 is 0. The van der Waals surface area contributed by atoms with E-state index in [2.05, 4.69) is 0 Å². The number of esters is 1. The number of rotatable bonds is 2. The van der Waals surface area contributed by atoms with Crippen LogP contribution in [0.2, 0.25) is 0 Å². The molecular formula is C26H16O4. The van der Waals surface area contributed by atoms with Crippen LogP contribution in [-0.2, 0) is 4.74 Å². The van der Waals surface area contributed by atoms with Gasteiger partial charge < -0.3 is 13.6 Å². The van der Waals surface area contributed by atoms with Gasteiger partial charge in [-0.3, -0.25) is 0 Å². The average Bonchev–Trinajstić information content (AvgIpc) is 3.36. The molecule has 0 amide bonds. The molecule has 4 nitrogen and oxygen atoms in total. The van der Waals surface area contributed by atoms with Crippen molar-refractivity contribution in [3.63, 3.8) is 0 Å². The first kappa shape index (κ1) is 16.9. The van der Waals surface area contributed by atoms with Crippen LogP contribution in [0, 0.1) is 0 Å². The van der Waals surface area contributed by atoms with Gasteiger partial charge >= 0.3 is 5.97 Å². The van der Waals surface area contributed by atoms with Crippen molar-refractivity contribution in [1.29, 1.82) is 0 Å². The van der Waals surface area contributed by atoms with Gasteiger partial charge in [-0.2, -0.15) is 0 Å². The first-order chi connectivity index (χ1) is 14.8. The maximum atomic E-state index is 12.7. The Labute approximate surface area is 171 Å². The highest BCUT2D eigenvalue weighted by molar-refractivity contribution is 6.20. The molecule has 144 valence electrons. The minimum Gasteiger partial charge on any atom is -0.465 e. The summed E-state index contributed by atoms with van der Waals surface area (Å²) in [5.41, 5.74) is 5.06. The zero-order valence-electron chi connectivity index (χ0n) is 16.1. The van der Waals surface area contributed by atoms with Crippen LogP contribution in [-0.4, -0.2) is 13.1 Å². The van der Waals surface area contributed by atoms with Crippen LogP contribution < -0.4 is 0 Å². The zero-order valence-corrected chi connectivity index (χ0v) is 16.1. The Morgan fingerprint density at radius 3 is 2.20 bits per heavy atom. The smallest absolute Gasteiger partial charge is 0.338 e. The normalized spacial score (nSPS) is 11.6. The summed E-state index contributed by atoms with van der Waals surface area (Å²) in [6.07, 6.45) is 0. The van der Waals surface area contributed by atoms with Crippen molar-refractivity contribution in [3.05, 3.63) is 84.4 Å². The summed E-state index contributed by atoms with van der Waals surface area (Å²) in [7, 11) is 1.39. The van der Waals surface area contributed by atoms with Crippen molar-refractivity contribution < 1.29 is 18.4 Å². The molecule has 2 heterocycles. The number of hydrogen-bond acceptors (Lipinski definition) is 4. The molecular weight excluding hydrogens is 376 g/mol. The summed E-state index contributed by atoms with van der Waals surface area (Å²) in [6, 6.07) is 25.4. The fourth-order valence-electron chi connectivity index (χ4n) is 4.32. The number of benzene rings is 4. The summed E-state index contributed by atoms with van der Waals surface area (Å²) in [6.45, 7) is 0. The van der Waals surface area contributed by atoms with E-state index in [1.54, 1.807) is 0 Å². The lowest BCUT2D eigenvalue weighted by atomic mass is 9.93. The lowest BCUT2D eigenvalue weighted by Gasteiger charge is -2.10. The molecule has 0 aliphatic carbocycles. The highest BCUT2D eigenvalue weighted by Crippen LogP contribution is 2.43. The van der Waals surface area contributed by atoms with Crippen LogP contribution in [0.1, 0.15) is 10.4 Å². The van der Waals surface area contributed by atoms with Crippen molar-refractivity contribution in [2.75, 3.05) is 7.11 Å². The Morgan fingerprint density at radius 1 is 0.700 bits per heavy atom. The molecule has 4 heteroatoms. The van der Waals surface area contributed by atoms with Crippen molar-refractivity contribution in [1.82, 2.24) is 0 Å². The maximum absolute atomic E-state index is 12.7. The second-order valence-electron chi connectivity index (χ2n) is 7.23. The number of carbonyl (C=O) groups is 1. The van der Waals surface area contributed by atoms with E-state index in [-0.39, 0.29) is 0 Å². The molecule has 6 aromatic rings. The molecule has 6 rings (SSSR count). The molecule has 4 aromatic carbocycles. The first-order valence-corrected chi connectivity index (χ1v) is 9.69. The minimum atomic E-state index is -0.405. The van der Waals surface area contributed by atoms with E-state index in [9.17, 15) is 4.79 Å². The summed E-state index contributed by atoms with van der Waals surface area (Å²) in [5.74, 6) is -0.405. The van der Waals surface area contributed by atoms with E-state index < -0.39 is 5.97 Å². The van der Waals surface area contributed by atoms with Gasteiger partial charge in [0.25, 0.3) is 0 Å². The van der Waals surface area contributed by atoms with Crippen LogP contribution >= 0.6 is 0 Å². The molecule has 0 saturated carbocycles. The van der Waals surface area contributed by atoms with Gasteiger partial charge in [0.1, 0.15) is 22.3 Å². The molecule has 0 aliphatic heterocycles. The quantitative estimate of drug-likeness (QED) is 0.300. The van der Waals surface area contributed by atoms with Crippen molar-refractivity contribution >= 4 is 49.8 Å². The van der Waals surface area contributed by atoms with E-state index in [4.69, 9.17) is 13.6 Å². The summed E-state index contributed by atoms with van der Waals surface area (Å²) in [5, 5.41) is 3.91. The van der Waals surface area contributed by atoms with E-state index >= 15 is 0 Å². The highest BCUT2D eigenvalue weighted by atomic mass is 16.5. The number of furan rings is 2. The molecule has 0 radical (unpaired) electrons. The fraction of sp³-hybridized carbons (Fsp3) is 0.0385. The zero-order chi connectivity index (χ0) is 20.2. The van der Waals surface area contributed by atoms with Gasteiger partial charge in [0.05, 0.1) is 12.7 Å². The molecule has 0 aliphatic rings. The lowest BCUT2D eigenvalue weighted by molar-refractivity contribution is 0.0601. The standard InChI is InChI=1S/C26H16O4/c1-28-26(27)19-14-13-16-15-7-2-4-10-20(15)30-25(16)24(19)18-9-6-12-22-23(18)17-8-3-5-11-21(17)29-22/h2-14H,1H3. The third kappa shape index (κ3) is 2.25. The second kappa shape index (κ2) is 6.22. The Balaban J connectivity index is 1.83. The number of hydrogen-bond donors (Lipinski definition) is 0. The molecule has 0 spiro atoms. The number of fused-ring (bicyclic) bond motifs is 6. The van der Waals surface area contributed by atoms with E-state index in [0.717, 1.165) is 43.9 Å². The predicted molar refractivity (Wildman–Crippen MR) is 118 cm³/mol. The van der Waals surface area contributed by atoms with Gasteiger partial charge in [-0.15, -0.1) is 0 Å². The highest BCUT2D eigenvalue weighted by Gasteiger charge is 2.23. The number of para-hydroxylation sites is 2. The van der Waals surface area contributed by atoms with Gasteiger partial charge in [0.15, 0.2) is 0 Å².